The summed E-state index contributed by atoms with van der Waals surface area (Å²) in [6, 6.07) is 4.15. The topological polar surface area (TPSA) is 36.9 Å². The molecule has 3 aliphatic heterocycles. The van der Waals surface area contributed by atoms with Crippen molar-refractivity contribution in [2.75, 3.05) is 7.11 Å². The number of benzene rings is 1. The summed E-state index contributed by atoms with van der Waals surface area (Å²) in [5, 5.41) is 0. The number of fused-ring (bicyclic) bond motifs is 5. The van der Waals surface area contributed by atoms with Gasteiger partial charge >= 0.3 is 7.12 Å². The average Bonchev–Trinajstić information content (AvgIpc) is 3.11. The fourth-order valence-electron chi connectivity index (χ4n) is 3.29. The molecule has 3 heterocycles. The lowest BCUT2D eigenvalue weighted by atomic mass is 9.76. The van der Waals surface area contributed by atoms with Crippen LogP contribution in [0, 0.1) is 0 Å². The van der Waals surface area contributed by atoms with Crippen molar-refractivity contribution >= 4 is 12.6 Å². The molecule has 2 atom stereocenters. The molecule has 3 aliphatic rings. The first-order valence-corrected chi connectivity index (χ1v) is 7.73. The molecule has 0 aromatic heterocycles. The maximum Gasteiger partial charge on any atom is 0.494 e. The van der Waals surface area contributed by atoms with Gasteiger partial charge in [0.05, 0.1) is 18.3 Å². The van der Waals surface area contributed by atoms with Crippen molar-refractivity contribution in [2.45, 2.75) is 51.1 Å². The minimum absolute atomic E-state index is 0.0160. The Labute approximate surface area is 131 Å². The molecule has 2 unspecified atom stereocenters. The van der Waals surface area contributed by atoms with Gasteiger partial charge in [0.15, 0.2) is 0 Å². The van der Waals surface area contributed by atoms with Crippen molar-refractivity contribution in [2.24, 2.45) is 0 Å². The number of ether oxygens (including phenoxy) is 2. The van der Waals surface area contributed by atoms with Crippen LogP contribution in [0.25, 0.3) is 0 Å². The van der Waals surface area contributed by atoms with E-state index in [1.165, 1.54) is 0 Å². The molecular formula is C17H21BO4. The van der Waals surface area contributed by atoms with Gasteiger partial charge in [-0.05, 0) is 44.8 Å². The highest BCUT2D eigenvalue weighted by Crippen LogP contribution is 2.49. The van der Waals surface area contributed by atoms with E-state index >= 15 is 0 Å². The van der Waals surface area contributed by atoms with E-state index in [1.807, 2.05) is 6.07 Å². The molecule has 1 fully saturated rings. The fraction of sp³-hybridized carbons (Fsp3) is 0.529. The smallest absolute Gasteiger partial charge is 0.494 e. The third kappa shape index (κ3) is 1.82. The Kier molecular flexibility index (Phi) is 2.84. The second-order valence-corrected chi connectivity index (χ2v) is 7.18. The molecule has 0 spiro atoms. The Morgan fingerprint density at radius 3 is 2.27 bits per heavy atom. The Balaban J connectivity index is 1.75. The minimum atomic E-state index is -0.382. The summed E-state index contributed by atoms with van der Waals surface area (Å²) in [5.41, 5.74) is 2.59. The zero-order valence-electron chi connectivity index (χ0n) is 13.7. The quantitative estimate of drug-likeness (QED) is 0.621. The van der Waals surface area contributed by atoms with Gasteiger partial charge in [0, 0.05) is 5.56 Å². The van der Waals surface area contributed by atoms with Gasteiger partial charge in [-0.2, -0.15) is 0 Å². The van der Waals surface area contributed by atoms with Gasteiger partial charge < -0.3 is 18.8 Å². The summed E-state index contributed by atoms with van der Waals surface area (Å²) < 4.78 is 23.8. The Morgan fingerprint density at radius 2 is 1.64 bits per heavy atom. The van der Waals surface area contributed by atoms with Gasteiger partial charge in [0.2, 0.25) is 0 Å². The van der Waals surface area contributed by atoms with Crippen LogP contribution in [-0.2, 0) is 14.0 Å². The minimum Gasteiger partial charge on any atom is -0.496 e. The van der Waals surface area contributed by atoms with Gasteiger partial charge in [-0.25, -0.2) is 0 Å². The van der Waals surface area contributed by atoms with E-state index in [2.05, 4.69) is 45.9 Å². The average molecular weight is 300 g/mol. The zero-order valence-corrected chi connectivity index (χ0v) is 13.7. The maximum atomic E-state index is 6.15. The molecule has 4 rings (SSSR count). The first kappa shape index (κ1) is 14.3. The van der Waals surface area contributed by atoms with Crippen LogP contribution in [0.1, 0.15) is 51.0 Å². The van der Waals surface area contributed by atoms with Gasteiger partial charge in [0.25, 0.3) is 0 Å². The molecule has 2 bridgehead atoms. The van der Waals surface area contributed by atoms with Crippen LogP contribution in [-0.4, -0.2) is 25.4 Å². The second kappa shape index (κ2) is 4.37. The van der Waals surface area contributed by atoms with Crippen molar-refractivity contribution < 1.29 is 18.8 Å². The molecule has 0 aliphatic carbocycles. The van der Waals surface area contributed by atoms with Crippen LogP contribution < -0.4 is 10.2 Å². The van der Waals surface area contributed by atoms with Gasteiger partial charge in [-0.15, -0.1) is 0 Å². The summed E-state index contributed by atoms with van der Waals surface area (Å²) >= 11 is 0. The lowest BCUT2D eigenvalue weighted by Gasteiger charge is -2.32. The molecule has 0 N–H and O–H groups in total. The molecule has 0 amide bonds. The highest BCUT2D eigenvalue weighted by Gasteiger charge is 2.52. The number of hydrogen-bond donors (Lipinski definition) is 0. The van der Waals surface area contributed by atoms with Crippen LogP contribution in [0.5, 0.6) is 5.75 Å². The molecule has 1 aromatic carbocycles. The zero-order chi connectivity index (χ0) is 15.7. The van der Waals surface area contributed by atoms with Crippen LogP contribution in [0.2, 0.25) is 0 Å². The van der Waals surface area contributed by atoms with E-state index in [9.17, 15) is 0 Å². The van der Waals surface area contributed by atoms with E-state index in [0.29, 0.717) is 0 Å². The number of methoxy groups -OCH3 is 1. The summed E-state index contributed by atoms with van der Waals surface area (Å²) in [6.07, 6.45) is 4.23. The summed E-state index contributed by atoms with van der Waals surface area (Å²) in [7, 11) is 1.31. The Hall–Kier alpha value is -1.30. The SMILES string of the molecule is COc1cc(B2OC(C)(C)C(C)(C)O2)cc2c1C1C=CC2O1. The molecule has 4 nitrogen and oxygen atoms in total. The molecule has 0 saturated carbocycles. The van der Waals surface area contributed by atoms with Crippen molar-refractivity contribution in [3.8, 4) is 5.75 Å². The number of rotatable bonds is 2. The van der Waals surface area contributed by atoms with E-state index in [4.69, 9.17) is 18.8 Å². The van der Waals surface area contributed by atoms with E-state index in [1.54, 1.807) is 7.11 Å². The normalized spacial score (nSPS) is 30.0. The van der Waals surface area contributed by atoms with Crippen LogP contribution in [0.3, 0.4) is 0 Å². The van der Waals surface area contributed by atoms with Gasteiger partial charge in [0.1, 0.15) is 18.0 Å². The molecule has 22 heavy (non-hydrogen) atoms. The highest BCUT2D eigenvalue weighted by molar-refractivity contribution is 6.62. The van der Waals surface area contributed by atoms with Gasteiger partial charge in [-0.1, -0.05) is 18.2 Å². The van der Waals surface area contributed by atoms with Crippen LogP contribution >= 0.6 is 0 Å². The summed E-state index contributed by atoms with van der Waals surface area (Å²) in [4.78, 5) is 0. The second-order valence-electron chi connectivity index (χ2n) is 7.18. The standard InChI is InChI=1S/C17H21BO4/c1-16(2)17(3,4)22-18(21-16)10-8-11-12-6-7-13(20-12)15(11)14(9-10)19-5/h6-9,12-13H,1-5H3. The van der Waals surface area contributed by atoms with E-state index in [-0.39, 0.29) is 30.5 Å². The third-order valence-corrected chi connectivity index (χ3v) is 5.29. The molecular weight excluding hydrogens is 279 g/mol. The Bertz CT molecular complexity index is 649. The van der Waals surface area contributed by atoms with Crippen molar-refractivity contribution in [3.05, 3.63) is 35.4 Å². The molecule has 1 saturated heterocycles. The molecule has 116 valence electrons. The third-order valence-electron chi connectivity index (χ3n) is 5.29. The largest absolute Gasteiger partial charge is 0.496 e. The van der Waals surface area contributed by atoms with Crippen molar-refractivity contribution in [1.29, 1.82) is 0 Å². The molecule has 1 aromatic rings. The van der Waals surface area contributed by atoms with E-state index < -0.39 is 0 Å². The van der Waals surface area contributed by atoms with Crippen molar-refractivity contribution in [3.63, 3.8) is 0 Å². The molecule has 0 radical (unpaired) electrons. The first-order valence-electron chi connectivity index (χ1n) is 7.73. The molecule has 5 heteroatoms. The fourth-order valence-corrected chi connectivity index (χ4v) is 3.29. The monoisotopic (exact) mass is 300 g/mol. The Morgan fingerprint density at radius 1 is 1.00 bits per heavy atom. The van der Waals surface area contributed by atoms with Gasteiger partial charge in [-0.3, -0.25) is 0 Å². The summed E-state index contributed by atoms with van der Waals surface area (Å²) in [6.45, 7) is 8.24. The first-order chi connectivity index (χ1) is 10.3. The van der Waals surface area contributed by atoms with Crippen LogP contribution in [0.4, 0.5) is 0 Å². The summed E-state index contributed by atoms with van der Waals surface area (Å²) in [5.74, 6) is 0.846. The number of hydrogen-bond acceptors (Lipinski definition) is 4. The predicted molar refractivity (Wildman–Crippen MR) is 84.4 cm³/mol. The highest BCUT2D eigenvalue weighted by atomic mass is 16.7. The van der Waals surface area contributed by atoms with Crippen LogP contribution in [0.15, 0.2) is 24.3 Å². The predicted octanol–water partition coefficient (Wildman–Crippen LogP) is 2.68. The van der Waals surface area contributed by atoms with Crippen molar-refractivity contribution in [1.82, 2.24) is 0 Å². The lowest BCUT2D eigenvalue weighted by molar-refractivity contribution is 0.00578. The van der Waals surface area contributed by atoms with E-state index in [0.717, 1.165) is 22.3 Å². The lowest BCUT2D eigenvalue weighted by Crippen LogP contribution is -2.41. The maximum absolute atomic E-state index is 6.15.